The van der Waals surface area contributed by atoms with Crippen LogP contribution in [0, 0.1) is 6.92 Å². The molecule has 1 heterocycles. The van der Waals surface area contributed by atoms with E-state index in [-0.39, 0.29) is 5.91 Å². The average Bonchev–Trinajstić information content (AvgIpc) is 2.60. The van der Waals surface area contributed by atoms with E-state index in [1.165, 1.54) is 6.07 Å². The van der Waals surface area contributed by atoms with Crippen molar-refractivity contribution in [3.05, 3.63) is 70.6 Å². The lowest BCUT2D eigenvalue weighted by atomic mass is 10.1. The monoisotopic (exact) mass is 337 g/mol. The summed E-state index contributed by atoms with van der Waals surface area (Å²) in [5, 5.41) is 0.840. The number of hydrogen-bond donors (Lipinski definition) is 0. The van der Waals surface area contributed by atoms with Gasteiger partial charge in [0.2, 0.25) is 0 Å². The van der Waals surface area contributed by atoms with Gasteiger partial charge in [0.1, 0.15) is 11.3 Å². The Morgan fingerprint density at radius 3 is 2.56 bits per heavy atom. The molecule has 0 bridgehead atoms. The molecule has 1 aromatic heterocycles. The maximum atomic E-state index is 12.5. The first-order chi connectivity index (χ1) is 12.0. The Hall–Kier alpha value is -3.08. The van der Waals surface area contributed by atoms with Crippen LogP contribution in [0.5, 0.6) is 5.75 Å². The van der Waals surface area contributed by atoms with E-state index in [1.54, 1.807) is 31.0 Å². The van der Waals surface area contributed by atoms with Crippen molar-refractivity contribution in [1.29, 1.82) is 0 Å². The van der Waals surface area contributed by atoms with Crippen molar-refractivity contribution in [2.45, 2.75) is 20.0 Å². The van der Waals surface area contributed by atoms with Crippen LogP contribution in [-0.2, 0) is 4.79 Å². The Morgan fingerprint density at radius 1 is 1.12 bits per heavy atom. The van der Waals surface area contributed by atoms with E-state index in [9.17, 15) is 9.59 Å². The zero-order valence-electron chi connectivity index (χ0n) is 14.4. The number of para-hydroxylation sites is 1. The number of carbonyl (C=O) groups is 1. The van der Waals surface area contributed by atoms with Gasteiger partial charge in [-0.25, -0.2) is 4.79 Å². The summed E-state index contributed by atoms with van der Waals surface area (Å²) in [5.41, 5.74) is 1.67. The number of hydrogen-bond acceptors (Lipinski definition) is 4. The fraction of sp³-hybridized carbons (Fsp3) is 0.200. The molecule has 0 aliphatic heterocycles. The molecule has 5 nitrogen and oxygen atoms in total. The summed E-state index contributed by atoms with van der Waals surface area (Å²) in [7, 11) is 1.71. The number of amides is 1. The molecule has 0 saturated carbocycles. The van der Waals surface area contributed by atoms with Crippen molar-refractivity contribution in [1.82, 2.24) is 0 Å². The van der Waals surface area contributed by atoms with Gasteiger partial charge in [-0.05, 0) is 43.7 Å². The molecule has 0 saturated heterocycles. The molecule has 0 fully saturated rings. The van der Waals surface area contributed by atoms with E-state index in [0.29, 0.717) is 11.3 Å². The lowest BCUT2D eigenvalue weighted by Gasteiger charge is -2.22. The third-order valence-corrected chi connectivity index (χ3v) is 4.06. The van der Waals surface area contributed by atoms with Crippen molar-refractivity contribution < 1.29 is 13.9 Å². The molecule has 0 aliphatic carbocycles. The number of benzene rings is 2. The number of likely N-dealkylation sites (N-methyl/N-ethyl adjacent to an activating group) is 1. The van der Waals surface area contributed by atoms with Crippen LogP contribution in [0.4, 0.5) is 5.69 Å². The van der Waals surface area contributed by atoms with Crippen LogP contribution in [0.15, 0.2) is 63.8 Å². The highest BCUT2D eigenvalue weighted by atomic mass is 16.5. The SMILES string of the molecule is Cc1cc(=O)oc2cc(O[C@H](C)C(=O)N(C)c3ccccc3)ccc12. The molecule has 3 aromatic rings. The van der Waals surface area contributed by atoms with Crippen molar-refractivity contribution >= 4 is 22.6 Å². The first-order valence-electron chi connectivity index (χ1n) is 7.99. The number of rotatable bonds is 4. The van der Waals surface area contributed by atoms with Gasteiger partial charge in [0.15, 0.2) is 6.10 Å². The van der Waals surface area contributed by atoms with Gasteiger partial charge in [-0.15, -0.1) is 0 Å². The molecule has 0 radical (unpaired) electrons. The van der Waals surface area contributed by atoms with E-state index in [0.717, 1.165) is 16.6 Å². The van der Waals surface area contributed by atoms with Crippen LogP contribution < -0.4 is 15.3 Å². The van der Waals surface area contributed by atoms with Gasteiger partial charge in [0.05, 0.1) is 0 Å². The van der Waals surface area contributed by atoms with Crippen LogP contribution in [0.25, 0.3) is 11.0 Å². The lowest BCUT2D eigenvalue weighted by molar-refractivity contribution is -0.124. The van der Waals surface area contributed by atoms with E-state index in [2.05, 4.69) is 0 Å². The van der Waals surface area contributed by atoms with Crippen molar-refractivity contribution in [3.63, 3.8) is 0 Å². The summed E-state index contributed by atoms with van der Waals surface area (Å²) < 4.78 is 11.0. The fourth-order valence-corrected chi connectivity index (χ4v) is 2.68. The van der Waals surface area contributed by atoms with Gasteiger partial charge in [0, 0.05) is 30.3 Å². The zero-order chi connectivity index (χ0) is 18.0. The molecule has 0 unspecified atom stereocenters. The van der Waals surface area contributed by atoms with Crippen LogP contribution in [0.1, 0.15) is 12.5 Å². The van der Waals surface area contributed by atoms with E-state index >= 15 is 0 Å². The Labute approximate surface area is 145 Å². The van der Waals surface area contributed by atoms with Crippen LogP contribution >= 0.6 is 0 Å². The predicted molar refractivity (Wildman–Crippen MR) is 97.2 cm³/mol. The first-order valence-corrected chi connectivity index (χ1v) is 7.99. The number of ether oxygens (including phenoxy) is 1. The number of aryl methyl sites for hydroxylation is 1. The molecular weight excluding hydrogens is 318 g/mol. The molecule has 0 spiro atoms. The molecule has 0 N–H and O–H groups in total. The van der Waals surface area contributed by atoms with Gasteiger partial charge < -0.3 is 14.1 Å². The molecule has 1 atom stereocenters. The van der Waals surface area contributed by atoms with Gasteiger partial charge in [-0.1, -0.05) is 18.2 Å². The number of anilines is 1. The molecule has 0 aliphatic rings. The minimum absolute atomic E-state index is 0.169. The second-order valence-corrected chi connectivity index (χ2v) is 5.90. The molecule has 25 heavy (non-hydrogen) atoms. The lowest BCUT2D eigenvalue weighted by Crippen LogP contribution is -2.37. The number of nitrogens with zero attached hydrogens (tertiary/aromatic N) is 1. The number of carbonyl (C=O) groups excluding carboxylic acids is 1. The summed E-state index contributed by atoms with van der Waals surface area (Å²) >= 11 is 0. The number of fused-ring (bicyclic) bond motifs is 1. The summed E-state index contributed by atoms with van der Waals surface area (Å²) in [4.78, 5) is 25.6. The third kappa shape index (κ3) is 3.55. The molecule has 3 rings (SSSR count). The van der Waals surface area contributed by atoms with Gasteiger partial charge in [0.25, 0.3) is 5.91 Å². The summed E-state index contributed by atoms with van der Waals surface area (Å²) in [6, 6.07) is 16.0. The standard InChI is InChI=1S/C20H19NO4/c1-13-11-19(22)25-18-12-16(9-10-17(13)18)24-14(2)20(23)21(3)15-7-5-4-6-8-15/h4-12,14H,1-3H3/t14-/m1/s1. The van der Waals surface area contributed by atoms with Gasteiger partial charge in [-0.2, -0.15) is 0 Å². The predicted octanol–water partition coefficient (Wildman–Crippen LogP) is 3.53. The van der Waals surface area contributed by atoms with Crippen LogP contribution in [0.3, 0.4) is 0 Å². The van der Waals surface area contributed by atoms with E-state index in [4.69, 9.17) is 9.15 Å². The molecule has 128 valence electrons. The van der Waals surface area contributed by atoms with Gasteiger partial charge in [-0.3, -0.25) is 4.79 Å². The summed E-state index contributed by atoms with van der Waals surface area (Å²) in [6.07, 6.45) is -0.681. The Balaban J connectivity index is 1.80. The first kappa shape index (κ1) is 16.8. The van der Waals surface area contributed by atoms with E-state index in [1.807, 2.05) is 43.3 Å². The normalized spacial score (nSPS) is 12.0. The third-order valence-electron chi connectivity index (χ3n) is 4.06. The second-order valence-electron chi connectivity index (χ2n) is 5.90. The summed E-state index contributed by atoms with van der Waals surface area (Å²) in [5.74, 6) is 0.306. The molecule has 1 amide bonds. The highest BCUT2D eigenvalue weighted by molar-refractivity contribution is 5.96. The minimum atomic E-state index is -0.681. The molecule has 2 aromatic carbocycles. The topological polar surface area (TPSA) is 59.8 Å². The van der Waals surface area contributed by atoms with Crippen molar-refractivity contribution in [2.75, 3.05) is 11.9 Å². The average molecular weight is 337 g/mol. The van der Waals surface area contributed by atoms with Crippen molar-refractivity contribution in [3.8, 4) is 5.75 Å². The second kappa shape index (κ2) is 6.81. The Bertz CT molecular complexity index is 962. The Morgan fingerprint density at radius 2 is 1.84 bits per heavy atom. The maximum Gasteiger partial charge on any atom is 0.336 e. The van der Waals surface area contributed by atoms with Crippen LogP contribution in [-0.4, -0.2) is 19.1 Å². The van der Waals surface area contributed by atoms with Crippen LogP contribution in [0.2, 0.25) is 0 Å². The quantitative estimate of drug-likeness (QED) is 0.683. The Kier molecular flexibility index (Phi) is 4.57. The minimum Gasteiger partial charge on any atom is -0.481 e. The van der Waals surface area contributed by atoms with E-state index < -0.39 is 11.7 Å². The zero-order valence-corrected chi connectivity index (χ0v) is 14.4. The molecular formula is C20H19NO4. The fourth-order valence-electron chi connectivity index (χ4n) is 2.68. The largest absolute Gasteiger partial charge is 0.481 e. The smallest absolute Gasteiger partial charge is 0.336 e. The van der Waals surface area contributed by atoms with Gasteiger partial charge >= 0.3 is 5.63 Å². The van der Waals surface area contributed by atoms with Crippen molar-refractivity contribution in [2.24, 2.45) is 0 Å². The molecule has 5 heteroatoms. The summed E-state index contributed by atoms with van der Waals surface area (Å²) in [6.45, 7) is 3.54. The highest BCUT2D eigenvalue weighted by Crippen LogP contribution is 2.23. The highest BCUT2D eigenvalue weighted by Gasteiger charge is 2.20. The maximum absolute atomic E-state index is 12.5.